The molecule has 0 aliphatic carbocycles. The van der Waals surface area contributed by atoms with E-state index in [0.717, 1.165) is 19.3 Å². The fourth-order valence-corrected chi connectivity index (χ4v) is 3.86. The molecule has 0 aromatic rings. The summed E-state index contributed by atoms with van der Waals surface area (Å²) in [6.45, 7) is 2.64. The summed E-state index contributed by atoms with van der Waals surface area (Å²) in [7, 11) is 0. The average molecular weight is 415 g/mol. The predicted octanol–water partition coefficient (Wildman–Crippen LogP) is 4.52. The van der Waals surface area contributed by atoms with Gasteiger partial charge < -0.3 is 24.8 Å². The van der Waals surface area contributed by atoms with Gasteiger partial charge in [0.2, 0.25) is 0 Å². The van der Waals surface area contributed by atoms with Crippen LogP contribution in [-0.4, -0.2) is 59.6 Å². The van der Waals surface area contributed by atoms with Gasteiger partial charge in [0.1, 0.15) is 24.4 Å². The quantitative estimate of drug-likeness (QED) is 0.214. The Morgan fingerprint density at radius 1 is 0.862 bits per heavy atom. The molecule has 1 fully saturated rings. The van der Waals surface area contributed by atoms with Crippen molar-refractivity contribution in [3.05, 3.63) is 12.2 Å². The van der Waals surface area contributed by atoms with E-state index in [2.05, 4.69) is 19.1 Å². The van der Waals surface area contributed by atoms with Gasteiger partial charge in [0, 0.05) is 6.61 Å². The van der Waals surface area contributed by atoms with Gasteiger partial charge in [-0.1, -0.05) is 83.3 Å². The number of ether oxygens (including phenoxy) is 2. The van der Waals surface area contributed by atoms with Crippen molar-refractivity contribution in [3.63, 3.8) is 0 Å². The fourth-order valence-electron chi connectivity index (χ4n) is 3.86. The van der Waals surface area contributed by atoms with Gasteiger partial charge in [0.15, 0.2) is 0 Å². The molecule has 1 saturated heterocycles. The van der Waals surface area contributed by atoms with E-state index in [-0.39, 0.29) is 13.2 Å². The van der Waals surface area contributed by atoms with Crippen molar-refractivity contribution in [1.29, 1.82) is 0 Å². The monoisotopic (exact) mass is 414 g/mol. The second kappa shape index (κ2) is 18.3. The highest BCUT2D eigenvalue weighted by Crippen LogP contribution is 2.20. The first-order valence-electron chi connectivity index (χ1n) is 12.1. The largest absolute Gasteiger partial charge is 0.394 e. The molecule has 1 heterocycles. The Kier molecular flexibility index (Phi) is 16.8. The van der Waals surface area contributed by atoms with Gasteiger partial charge in [-0.3, -0.25) is 0 Å². The number of hydrogen-bond donors (Lipinski definition) is 3. The summed E-state index contributed by atoms with van der Waals surface area (Å²) >= 11 is 0. The summed E-state index contributed by atoms with van der Waals surface area (Å²) in [5.74, 6) is 0. The molecule has 4 atom stereocenters. The van der Waals surface area contributed by atoms with Crippen LogP contribution in [0.1, 0.15) is 96.8 Å². The smallest absolute Gasteiger partial charge is 0.114 e. The maximum Gasteiger partial charge on any atom is 0.114 e. The Labute approximate surface area is 178 Å². The molecule has 0 spiro atoms. The van der Waals surface area contributed by atoms with Crippen molar-refractivity contribution in [2.75, 3.05) is 19.8 Å². The molecule has 0 aromatic heterocycles. The molecule has 29 heavy (non-hydrogen) atoms. The number of rotatable bonds is 19. The van der Waals surface area contributed by atoms with Crippen LogP contribution in [0.15, 0.2) is 12.2 Å². The summed E-state index contributed by atoms with van der Waals surface area (Å²) in [5, 5.41) is 28.8. The van der Waals surface area contributed by atoms with Crippen LogP contribution in [0.25, 0.3) is 0 Å². The Balaban J connectivity index is 1.82. The highest BCUT2D eigenvalue weighted by molar-refractivity contribution is 4.88. The maximum atomic E-state index is 9.83. The summed E-state index contributed by atoms with van der Waals surface area (Å²) in [6, 6.07) is 0. The molecule has 0 saturated carbocycles. The molecule has 5 heteroatoms. The van der Waals surface area contributed by atoms with Crippen LogP contribution in [0.5, 0.6) is 0 Å². The van der Waals surface area contributed by atoms with E-state index in [1.54, 1.807) is 0 Å². The lowest BCUT2D eigenvalue weighted by Gasteiger charge is -2.24. The van der Waals surface area contributed by atoms with Gasteiger partial charge in [-0.15, -0.1) is 0 Å². The highest BCUT2D eigenvalue weighted by atomic mass is 16.6. The van der Waals surface area contributed by atoms with Gasteiger partial charge in [0.05, 0.1) is 13.2 Å². The molecule has 0 aromatic carbocycles. The number of allylic oxidation sites excluding steroid dienone is 2. The third-order valence-corrected chi connectivity index (χ3v) is 5.74. The third kappa shape index (κ3) is 12.7. The standard InChI is InChI=1S/C24H46O5/c1-2-3-4-5-6-7-8-9-10-11-12-13-14-15-16-17-18-28-22(19-25)24-23(27)21(26)20-29-24/h3-4,21-27H,2,5-20H2,1H3/b4-3+/t21-,22+,23-,24-/m0/s1. The van der Waals surface area contributed by atoms with E-state index in [1.165, 1.54) is 70.6 Å². The van der Waals surface area contributed by atoms with Gasteiger partial charge in [-0.25, -0.2) is 0 Å². The lowest BCUT2D eigenvalue weighted by Crippen LogP contribution is -2.42. The molecular formula is C24H46O5. The summed E-state index contributed by atoms with van der Waals surface area (Å²) in [6.07, 6.45) is 19.4. The minimum absolute atomic E-state index is 0.0995. The van der Waals surface area contributed by atoms with E-state index < -0.39 is 24.4 Å². The zero-order valence-corrected chi connectivity index (χ0v) is 18.6. The van der Waals surface area contributed by atoms with Gasteiger partial charge in [-0.05, 0) is 25.7 Å². The van der Waals surface area contributed by atoms with Gasteiger partial charge in [0.25, 0.3) is 0 Å². The lowest BCUT2D eigenvalue weighted by molar-refractivity contribution is -0.101. The van der Waals surface area contributed by atoms with Crippen LogP contribution in [0.2, 0.25) is 0 Å². The van der Waals surface area contributed by atoms with Crippen LogP contribution in [-0.2, 0) is 9.47 Å². The molecule has 3 N–H and O–H groups in total. The Morgan fingerprint density at radius 3 is 1.90 bits per heavy atom. The fraction of sp³-hybridized carbons (Fsp3) is 0.917. The topological polar surface area (TPSA) is 79.2 Å². The minimum atomic E-state index is -0.977. The number of aliphatic hydroxyl groups is 3. The van der Waals surface area contributed by atoms with Crippen molar-refractivity contribution in [2.45, 2.75) is 121 Å². The first kappa shape index (κ1) is 26.6. The SMILES string of the molecule is CC/C=C/CCCCCCCCCCCCCCO[C@H](CO)[C@@H]1OC[C@H](O)[C@@H]1O. The van der Waals surface area contributed by atoms with E-state index in [0.29, 0.717) is 6.61 Å². The van der Waals surface area contributed by atoms with Crippen molar-refractivity contribution < 1.29 is 24.8 Å². The molecule has 0 amide bonds. The zero-order chi connectivity index (χ0) is 21.2. The molecule has 1 aliphatic heterocycles. The van der Waals surface area contributed by atoms with Crippen LogP contribution < -0.4 is 0 Å². The molecular weight excluding hydrogens is 368 g/mol. The summed E-state index contributed by atoms with van der Waals surface area (Å²) < 4.78 is 11.0. The summed E-state index contributed by atoms with van der Waals surface area (Å²) in [4.78, 5) is 0. The van der Waals surface area contributed by atoms with Crippen LogP contribution in [0.4, 0.5) is 0 Å². The number of unbranched alkanes of at least 4 members (excludes halogenated alkanes) is 12. The molecule has 0 radical (unpaired) electrons. The second-order valence-corrected chi connectivity index (χ2v) is 8.36. The van der Waals surface area contributed by atoms with Crippen molar-refractivity contribution >= 4 is 0 Å². The van der Waals surface area contributed by atoms with Crippen LogP contribution >= 0.6 is 0 Å². The normalized spacial score (nSPS) is 23.2. The molecule has 172 valence electrons. The molecule has 1 aliphatic rings. The Bertz CT molecular complexity index is 387. The minimum Gasteiger partial charge on any atom is -0.394 e. The van der Waals surface area contributed by atoms with Crippen molar-refractivity contribution in [3.8, 4) is 0 Å². The van der Waals surface area contributed by atoms with E-state index in [4.69, 9.17) is 9.47 Å². The predicted molar refractivity (Wildman–Crippen MR) is 118 cm³/mol. The molecule has 5 nitrogen and oxygen atoms in total. The molecule has 0 unspecified atom stereocenters. The van der Waals surface area contributed by atoms with Crippen LogP contribution in [0, 0.1) is 0 Å². The number of hydrogen-bond acceptors (Lipinski definition) is 5. The first-order valence-corrected chi connectivity index (χ1v) is 12.1. The van der Waals surface area contributed by atoms with E-state index in [9.17, 15) is 15.3 Å². The van der Waals surface area contributed by atoms with Crippen molar-refractivity contribution in [2.24, 2.45) is 0 Å². The Morgan fingerprint density at radius 2 is 1.41 bits per heavy atom. The number of aliphatic hydroxyl groups excluding tert-OH is 3. The molecule has 0 bridgehead atoms. The Hall–Kier alpha value is -0.460. The van der Waals surface area contributed by atoms with Gasteiger partial charge >= 0.3 is 0 Å². The van der Waals surface area contributed by atoms with Gasteiger partial charge in [-0.2, -0.15) is 0 Å². The van der Waals surface area contributed by atoms with E-state index in [1.807, 2.05) is 0 Å². The zero-order valence-electron chi connectivity index (χ0n) is 18.6. The molecule has 1 rings (SSSR count). The summed E-state index contributed by atoms with van der Waals surface area (Å²) in [5.41, 5.74) is 0. The lowest BCUT2D eigenvalue weighted by atomic mass is 10.0. The highest BCUT2D eigenvalue weighted by Gasteiger charge is 2.40. The van der Waals surface area contributed by atoms with E-state index >= 15 is 0 Å². The third-order valence-electron chi connectivity index (χ3n) is 5.74. The maximum absolute atomic E-state index is 9.83. The first-order chi connectivity index (χ1) is 14.2. The van der Waals surface area contributed by atoms with Crippen molar-refractivity contribution in [1.82, 2.24) is 0 Å². The van der Waals surface area contributed by atoms with Crippen LogP contribution in [0.3, 0.4) is 0 Å². The average Bonchev–Trinajstić information content (AvgIpc) is 3.06. The second-order valence-electron chi connectivity index (χ2n) is 8.36.